The van der Waals surface area contributed by atoms with Crippen molar-refractivity contribution >= 4 is 17.7 Å². The van der Waals surface area contributed by atoms with Crippen LogP contribution in [0.25, 0.3) is 0 Å². The smallest absolute Gasteiger partial charge is 0.321 e. The van der Waals surface area contributed by atoms with Crippen molar-refractivity contribution in [1.82, 2.24) is 15.5 Å². The molecular formula is C16H23N5O. The monoisotopic (exact) mass is 301 g/mol. The van der Waals surface area contributed by atoms with Crippen molar-refractivity contribution in [2.24, 2.45) is 4.99 Å². The van der Waals surface area contributed by atoms with Gasteiger partial charge in [-0.25, -0.2) is 4.79 Å². The van der Waals surface area contributed by atoms with Crippen molar-refractivity contribution in [2.45, 2.75) is 32.4 Å². The molecule has 6 nitrogen and oxygen atoms in total. The quantitative estimate of drug-likeness (QED) is 0.797. The summed E-state index contributed by atoms with van der Waals surface area (Å²) in [5.74, 6) is 0.846. The van der Waals surface area contributed by atoms with Crippen molar-refractivity contribution in [1.29, 1.82) is 0 Å². The van der Waals surface area contributed by atoms with Gasteiger partial charge in [0.15, 0.2) is 5.96 Å². The van der Waals surface area contributed by atoms with Crippen LogP contribution in [0.4, 0.5) is 10.5 Å². The first-order valence-electron chi connectivity index (χ1n) is 7.90. The molecule has 2 heterocycles. The molecule has 2 amide bonds. The zero-order valence-electron chi connectivity index (χ0n) is 12.9. The molecule has 2 aliphatic heterocycles. The summed E-state index contributed by atoms with van der Waals surface area (Å²) >= 11 is 0. The summed E-state index contributed by atoms with van der Waals surface area (Å²) in [6.45, 7) is 5.32. The van der Waals surface area contributed by atoms with E-state index in [1.807, 2.05) is 29.2 Å². The normalized spacial score (nSPS) is 20.5. The van der Waals surface area contributed by atoms with Gasteiger partial charge >= 0.3 is 6.03 Å². The van der Waals surface area contributed by atoms with Crippen LogP contribution in [0.1, 0.15) is 25.3 Å². The van der Waals surface area contributed by atoms with Crippen molar-refractivity contribution in [3.05, 3.63) is 29.8 Å². The standard InChI is InChI=1S/C16H23N5O/c1-12-10-17-15(19-12)18-11-13-5-4-6-14(9-13)20-16(22)21-7-2-3-8-21/h4-6,9,12H,2-3,7-8,10-11H2,1H3,(H,20,22)(H2,17,18,19). The van der Waals surface area contributed by atoms with E-state index in [9.17, 15) is 4.79 Å². The van der Waals surface area contributed by atoms with E-state index < -0.39 is 0 Å². The number of carbonyl (C=O) groups is 1. The lowest BCUT2D eigenvalue weighted by molar-refractivity contribution is 0.222. The molecule has 1 aromatic carbocycles. The first kappa shape index (κ1) is 14.7. The second kappa shape index (κ2) is 6.68. The third-order valence-corrected chi connectivity index (χ3v) is 3.94. The van der Waals surface area contributed by atoms with Gasteiger partial charge in [-0.1, -0.05) is 12.1 Å². The number of guanidine groups is 1. The first-order valence-corrected chi connectivity index (χ1v) is 7.90. The average Bonchev–Trinajstić information content (AvgIpc) is 3.17. The molecule has 1 saturated heterocycles. The fourth-order valence-electron chi connectivity index (χ4n) is 2.73. The van der Waals surface area contributed by atoms with Gasteiger partial charge in [0, 0.05) is 31.4 Å². The Balaban J connectivity index is 1.54. The third kappa shape index (κ3) is 3.69. The van der Waals surface area contributed by atoms with Gasteiger partial charge in [0.1, 0.15) is 0 Å². The zero-order valence-corrected chi connectivity index (χ0v) is 12.9. The molecule has 2 aliphatic rings. The number of carbonyl (C=O) groups excluding carboxylic acids is 1. The summed E-state index contributed by atoms with van der Waals surface area (Å²) in [6, 6.07) is 8.32. The van der Waals surface area contributed by atoms with Crippen LogP contribution < -0.4 is 16.0 Å². The van der Waals surface area contributed by atoms with Crippen molar-refractivity contribution in [3.8, 4) is 0 Å². The van der Waals surface area contributed by atoms with Crippen molar-refractivity contribution in [3.63, 3.8) is 0 Å². The number of amides is 2. The number of nitrogens with one attached hydrogen (secondary N) is 3. The molecule has 1 aromatic rings. The van der Waals surface area contributed by atoms with Crippen molar-refractivity contribution in [2.75, 3.05) is 25.0 Å². The predicted octanol–water partition coefficient (Wildman–Crippen LogP) is 1.75. The average molecular weight is 301 g/mol. The van der Waals surface area contributed by atoms with Crippen LogP contribution in [-0.4, -0.2) is 42.6 Å². The van der Waals surface area contributed by atoms with E-state index >= 15 is 0 Å². The highest BCUT2D eigenvalue weighted by molar-refractivity contribution is 5.89. The Morgan fingerprint density at radius 3 is 2.95 bits per heavy atom. The molecule has 118 valence electrons. The fraction of sp³-hybridized carbons (Fsp3) is 0.500. The van der Waals surface area contributed by atoms with E-state index in [4.69, 9.17) is 0 Å². The molecule has 1 unspecified atom stereocenters. The lowest BCUT2D eigenvalue weighted by atomic mass is 10.2. The number of hydrogen-bond donors (Lipinski definition) is 3. The molecule has 0 aliphatic carbocycles. The van der Waals surface area contributed by atoms with Gasteiger partial charge in [-0.15, -0.1) is 0 Å². The molecule has 6 heteroatoms. The second-order valence-corrected chi connectivity index (χ2v) is 5.91. The molecule has 3 N–H and O–H groups in total. The van der Waals surface area contributed by atoms with Gasteiger partial charge in [0.2, 0.25) is 0 Å². The minimum Gasteiger partial charge on any atom is -0.352 e. The molecule has 1 atom stereocenters. The van der Waals surface area contributed by atoms with E-state index in [1.54, 1.807) is 0 Å². The molecule has 0 spiro atoms. The molecule has 0 radical (unpaired) electrons. The topological polar surface area (TPSA) is 68.8 Å². The van der Waals surface area contributed by atoms with Crippen LogP contribution >= 0.6 is 0 Å². The number of benzene rings is 1. The summed E-state index contributed by atoms with van der Waals surface area (Å²) in [4.78, 5) is 18.3. The Labute approximate surface area is 131 Å². The van der Waals surface area contributed by atoms with Crippen molar-refractivity contribution < 1.29 is 4.79 Å². The van der Waals surface area contributed by atoms with Gasteiger partial charge in [0.25, 0.3) is 0 Å². The van der Waals surface area contributed by atoms with E-state index in [1.165, 1.54) is 0 Å². The van der Waals surface area contributed by atoms with Crippen LogP contribution in [-0.2, 0) is 6.54 Å². The van der Waals surface area contributed by atoms with Crippen LogP contribution in [0.2, 0.25) is 0 Å². The Morgan fingerprint density at radius 1 is 1.41 bits per heavy atom. The maximum Gasteiger partial charge on any atom is 0.321 e. The van der Waals surface area contributed by atoms with E-state index in [2.05, 4.69) is 27.9 Å². The fourth-order valence-corrected chi connectivity index (χ4v) is 2.73. The molecule has 0 aromatic heterocycles. The lowest BCUT2D eigenvalue weighted by Crippen LogP contribution is -2.37. The largest absolute Gasteiger partial charge is 0.352 e. The highest BCUT2D eigenvalue weighted by atomic mass is 16.2. The highest BCUT2D eigenvalue weighted by Gasteiger charge is 2.17. The van der Waals surface area contributed by atoms with Gasteiger partial charge < -0.3 is 20.9 Å². The SMILES string of the molecule is CC1CN=C(NCc2cccc(NC(=O)N3CCCC3)c2)N1. The molecule has 0 saturated carbocycles. The molecule has 22 heavy (non-hydrogen) atoms. The number of urea groups is 1. The molecule has 1 fully saturated rings. The summed E-state index contributed by atoms with van der Waals surface area (Å²) in [5.41, 5.74) is 1.95. The summed E-state index contributed by atoms with van der Waals surface area (Å²) in [6.07, 6.45) is 2.20. The van der Waals surface area contributed by atoms with Gasteiger partial charge in [-0.2, -0.15) is 0 Å². The summed E-state index contributed by atoms with van der Waals surface area (Å²) in [5, 5.41) is 9.52. The van der Waals surface area contributed by atoms with E-state index in [-0.39, 0.29) is 6.03 Å². The van der Waals surface area contributed by atoms with Crippen LogP contribution in [0.3, 0.4) is 0 Å². The molecular weight excluding hydrogens is 278 g/mol. The third-order valence-electron chi connectivity index (χ3n) is 3.94. The Morgan fingerprint density at radius 2 is 2.23 bits per heavy atom. The Bertz CT molecular complexity index is 565. The minimum absolute atomic E-state index is 0.00160. The van der Waals surface area contributed by atoms with Crippen LogP contribution in [0, 0.1) is 0 Å². The Kier molecular flexibility index (Phi) is 4.46. The zero-order chi connectivity index (χ0) is 15.4. The number of aliphatic imine (C=N–C) groups is 1. The number of anilines is 1. The maximum absolute atomic E-state index is 12.1. The number of likely N-dealkylation sites (tertiary alicyclic amines) is 1. The van der Waals surface area contributed by atoms with Crippen LogP contribution in [0.5, 0.6) is 0 Å². The predicted molar refractivity (Wildman–Crippen MR) is 88.0 cm³/mol. The number of rotatable bonds is 3. The van der Waals surface area contributed by atoms with E-state index in [0.29, 0.717) is 12.6 Å². The maximum atomic E-state index is 12.1. The summed E-state index contributed by atoms with van der Waals surface area (Å²) < 4.78 is 0. The number of hydrogen-bond acceptors (Lipinski definition) is 4. The molecule has 0 bridgehead atoms. The number of nitrogens with zero attached hydrogens (tertiary/aromatic N) is 2. The molecule has 3 rings (SSSR count). The first-order chi connectivity index (χ1) is 10.7. The lowest BCUT2D eigenvalue weighted by Gasteiger charge is -2.16. The van der Waals surface area contributed by atoms with Gasteiger partial charge in [0.05, 0.1) is 6.54 Å². The summed E-state index contributed by atoms with van der Waals surface area (Å²) in [7, 11) is 0. The minimum atomic E-state index is -0.00160. The van der Waals surface area contributed by atoms with Gasteiger partial charge in [-0.3, -0.25) is 4.99 Å². The van der Waals surface area contributed by atoms with Gasteiger partial charge in [-0.05, 0) is 37.5 Å². The Hall–Kier alpha value is -2.24. The van der Waals surface area contributed by atoms with Crippen LogP contribution in [0.15, 0.2) is 29.3 Å². The second-order valence-electron chi connectivity index (χ2n) is 5.91. The highest BCUT2D eigenvalue weighted by Crippen LogP contribution is 2.14. The van der Waals surface area contributed by atoms with E-state index in [0.717, 1.165) is 49.7 Å².